The standard InChI is InChI=1S/C18H20FN3O4/c1-12-9-16(21-26-12)20-17(23)11-22(10-15-3-2-8-25-15)18(24)13-4-6-14(19)7-5-13/h4-7,9,15H,2-3,8,10-11H2,1H3,(H,20,21,23)/t15-/m0/s1. The molecule has 0 radical (unpaired) electrons. The van der Waals surface area contributed by atoms with Crippen LogP contribution in [0.5, 0.6) is 0 Å². The van der Waals surface area contributed by atoms with Crippen molar-refractivity contribution in [2.45, 2.75) is 25.9 Å². The lowest BCUT2D eigenvalue weighted by Gasteiger charge is -2.25. The molecule has 1 aromatic heterocycles. The summed E-state index contributed by atoms with van der Waals surface area (Å²) in [6.07, 6.45) is 1.65. The molecule has 1 aliphatic heterocycles. The normalized spacial score (nSPS) is 16.5. The van der Waals surface area contributed by atoms with E-state index >= 15 is 0 Å². The van der Waals surface area contributed by atoms with E-state index in [4.69, 9.17) is 9.26 Å². The van der Waals surface area contributed by atoms with Crippen LogP contribution in [0.3, 0.4) is 0 Å². The van der Waals surface area contributed by atoms with Crippen LogP contribution in [0.2, 0.25) is 0 Å². The third kappa shape index (κ3) is 4.66. The van der Waals surface area contributed by atoms with E-state index in [1.807, 2.05) is 0 Å². The summed E-state index contributed by atoms with van der Waals surface area (Å²) in [5.41, 5.74) is 0.314. The van der Waals surface area contributed by atoms with Crippen molar-refractivity contribution in [1.82, 2.24) is 10.1 Å². The van der Waals surface area contributed by atoms with Crippen LogP contribution in [0.25, 0.3) is 0 Å². The summed E-state index contributed by atoms with van der Waals surface area (Å²) in [7, 11) is 0. The van der Waals surface area contributed by atoms with E-state index in [1.54, 1.807) is 13.0 Å². The number of carbonyl (C=O) groups is 2. The van der Waals surface area contributed by atoms with E-state index in [2.05, 4.69) is 10.5 Å². The minimum Gasteiger partial charge on any atom is -0.376 e. The Kier molecular flexibility index (Phi) is 5.62. The van der Waals surface area contributed by atoms with Gasteiger partial charge in [0.05, 0.1) is 6.10 Å². The topological polar surface area (TPSA) is 84.7 Å². The molecule has 7 nitrogen and oxygen atoms in total. The molecular weight excluding hydrogens is 341 g/mol. The van der Waals surface area contributed by atoms with Gasteiger partial charge in [0.2, 0.25) is 5.91 Å². The van der Waals surface area contributed by atoms with Crippen molar-refractivity contribution in [2.75, 3.05) is 25.0 Å². The molecule has 1 N–H and O–H groups in total. The van der Waals surface area contributed by atoms with Crippen LogP contribution < -0.4 is 5.32 Å². The molecule has 26 heavy (non-hydrogen) atoms. The van der Waals surface area contributed by atoms with Crippen LogP contribution in [0.15, 0.2) is 34.9 Å². The second-order valence-corrected chi connectivity index (χ2v) is 6.20. The molecule has 1 saturated heterocycles. The lowest BCUT2D eigenvalue weighted by molar-refractivity contribution is -0.117. The second-order valence-electron chi connectivity index (χ2n) is 6.20. The fourth-order valence-corrected chi connectivity index (χ4v) is 2.81. The Labute approximate surface area is 150 Å². The van der Waals surface area contributed by atoms with Gasteiger partial charge in [-0.15, -0.1) is 0 Å². The van der Waals surface area contributed by atoms with Crippen molar-refractivity contribution >= 4 is 17.6 Å². The van der Waals surface area contributed by atoms with Gasteiger partial charge >= 0.3 is 0 Å². The number of aromatic nitrogens is 1. The number of nitrogens with one attached hydrogen (secondary N) is 1. The molecule has 2 aromatic rings. The van der Waals surface area contributed by atoms with Crippen molar-refractivity contribution in [3.63, 3.8) is 0 Å². The zero-order valence-corrected chi connectivity index (χ0v) is 14.4. The number of rotatable bonds is 6. The van der Waals surface area contributed by atoms with Crippen LogP contribution in [0.1, 0.15) is 29.0 Å². The van der Waals surface area contributed by atoms with Crippen LogP contribution in [-0.4, -0.2) is 47.7 Å². The molecule has 0 bridgehead atoms. The van der Waals surface area contributed by atoms with Gasteiger partial charge < -0.3 is 19.5 Å². The average Bonchev–Trinajstić information content (AvgIpc) is 3.26. The van der Waals surface area contributed by atoms with E-state index < -0.39 is 11.7 Å². The van der Waals surface area contributed by atoms with Crippen molar-refractivity contribution in [3.05, 3.63) is 47.5 Å². The first-order valence-corrected chi connectivity index (χ1v) is 8.41. The maximum atomic E-state index is 13.1. The molecule has 1 atom stereocenters. The monoisotopic (exact) mass is 361 g/mol. The molecule has 1 fully saturated rings. The van der Waals surface area contributed by atoms with Crippen molar-refractivity contribution in [3.8, 4) is 0 Å². The zero-order chi connectivity index (χ0) is 18.5. The SMILES string of the molecule is Cc1cc(NC(=O)CN(C[C@@H]2CCCO2)C(=O)c2ccc(F)cc2)no1. The molecule has 0 saturated carbocycles. The Bertz CT molecular complexity index is 769. The Morgan fingerprint density at radius 1 is 1.35 bits per heavy atom. The van der Waals surface area contributed by atoms with E-state index in [-0.39, 0.29) is 18.6 Å². The minimum atomic E-state index is -0.425. The van der Waals surface area contributed by atoms with Gasteiger partial charge in [-0.1, -0.05) is 5.16 Å². The zero-order valence-electron chi connectivity index (χ0n) is 14.4. The predicted molar refractivity (Wildman–Crippen MR) is 91.1 cm³/mol. The molecule has 1 aliphatic rings. The number of aryl methyl sites for hydroxylation is 1. The van der Waals surface area contributed by atoms with Crippen LogP contribution in [0, 0.1) is 12.7 Å². The molecule has 0 spiro atoms. The van der Waals surface area contributed by atoms with Gasteiger partial charge in [0, 0.05) is 24.8 Å². The Morgan fingerprint density at radius 3 is 2.73 bits per heavy atom. The first-order valence-electron chi connectivity index (χ1n) is 8.41. The van der Waals surface area contributed by atoms with Crippen molar-refractivity contribution in [2.24, 2.45) is 0 Å². The molecule has 138 valence electrons. The van der Waals surface area contributed by atoms with Gasteiger partial charge in [-0.2, -0.15) is 0 Å². The van der Waals surface area contributed by atoms with Crippen LogP contribution in [-0.2, 0) is 9.53 Å². The summed E-state index contributed by atoms with van der Waals surface area (Å²) < 4.78 is 23.6. The largest absolute Gasteiger partial charge is 0.376 e. The molecule has 0 aliphatic carbocycles. The highest BCUT2D eigenvalue weighted by Crippen LogP contribution is 2.16. The first kappa shape index (κ1) is 18.1. The van der Waals surface area contributed by atoms with E-state index in [1.165, 1.54) is 29.2 Å². The van der Waals surface area contributed by atoms with E-state index in [9.17, 15) is 14.0 Å². The van der Waals surface area contributed by atoms with Gasteiger partial charge in [0.25, 0.3) is 5.91 Å². The molecule has 2 heterocycles. The third-order valence-corrected chi connectivity index (χ3v) is 4.06. The average molecular weight is 361 g/mol. The minimum absolute atomic E-state index is 0.110. The highest BCUT2D eigenvalue weighted by Gasteiger charge is 2.25. The first-order chi connectivity index (χ1) is 12.5. The van der Waals surface area contributed by atoms with E-state index in [0.717, 1.165) is 12.8 Å². The number of halogens is 1. The highest BCUT2D eigenvalue weighted by molar-refractivity contribution is 5.99. The Hall–Kier alpha value is -2.74. The number of nitrogens with zero attached hydrogens (tertiary/aromatic N) is 2. The molecular formula is C18H20FN3O4. The molecule has 0 unspecified atom stereocenters. The summed E-state index contributed by atoms with van der Waals surface area (Å²) in [5, 5.41) is 6.30. The number of hydrogen-bond acceptors (Lipinski definition) is 5. The maximum Gasteiger partial charge on any atom is 0.254 e. The number of carbonyl (C=O) groups excluding carboxylic acids is 2. The summed E-state index contributed by atoms with van der Waals surface area (Å²) in [6, 6.07) is 6.83. The van der Waals surface area contributed by atoms with Crippen molar-refractivity contribution in [1.29, 1.82) is 0 Å². The Balaban J connectivity index is 1.70. The van der Waals surface area contributed by atoms with Gasteiger partial charge in [-0.05, 0) is 44.0 Å². The number of benzene rings is 1. The maximum absolute atomic E-state index is 13.1. The predicted octanol–water partition coefficient (Wildman–Crippen LogP) is 2.38. The Morgan fingerprint density at radius 2 is 2.12 bits per heavy atom. The number of amides is 2. The quantitative estimate of drug-likeness (QED) is 0.854. The third-order valence-electron chi connectivity index (χ3n) is 4.06. The van der Waals surface area contributed by atoms with E-state index in [0.29, 0.717) is 30.3 Å². The fraction of sp³-hybridized carbons (Fsp3) is 0.389. The lowest BCUT2D eigenvalue weighted by atomic mass is 10.1. The smallest absolute Gasteiger partial charge is 0.254 e. The fourth-order valence-electron chi connectivity index (χ4n) is 2.81. The van der Waals surface area contributed by atoms with Crippen LogP contribution in [0.4, 0.5) is 10.2 Å². The van der Waals surface area contributed by atoms with Gasteiger partial charge in [0.15, 0.2) is 5.82 Å². The van der Waals surface area contributed by atoms with Crippen molar-refractivity contribution < 1.29 is 23.2 Å². The van der Waals surface area contributed by atoms with Gasteiger partial charge in [-0.25, -0.2) is 4.39 Å². The molecule has 1 aromatic carbocycles. The summed E-state index contributed by atoms with van der Waals surface area (Å²) >= 11 is 0. The number of ether oxygens (including phenoxy) is 1. The molecule has 3 rings (SSSR count). The second kappa shape index (κ2) is 8.09. The summed E-state index contributed by atoms with van der Waals surface area (Å²) in [5.74, 6) is -0.317. The van der Waals surface area contributed by atoms with Crippen LogP contribution >= 0.6 is 0 Å². The summed E-state index contributed by atoms with van der Waals surface area (Å²) in [6.45, 7) is 2.49. The summed E-state index contributed by atoms with van der Waals surface area (Å²) in [4.78, 5) is 26.5. The number of anilines is 1. The van der Waals surface area contributed by atoms with Gasteiger partial charge in [-0.3, -0.25) is 9.59 Å². The highest BCUT2D eigenvalue weighted by atomic mass is 19.1. The molecule has 8 heteroatoms. The number of hydrogen-bond donors (Lipinski definition) is 1. The molecule has 2 amide bonds. The van der Waals surface area contributed by atoms with Gasteiger partial charge in [0.1, 0.15) is 18.1 Å². The lowest BCUT2D eigenvalue weighted by Crippen LogP contribution is -2.42.